The highest BCUT2D eigenvalue weighted by molar-refractivity contribution is 6.30. The van der Waals surface area contributed by atoms with Crippen molar-refractivity contribution in [2.24, 2.45) is 5.92 Å². The minimum Gasteiger partial charge on any atom is -0.337 e. The summed E-state index contributed by atoms with van der Waals surface area (Å²) >= 11 is 5.91. The lowest BCUT2D eigenvalue weighted by atomic mass is 9.71. The molecule has 0 spiro atoms. The number of carbonyl (C=O) groups excluding carboxylic acids is 1. The summed E-state index contributed by atoms with van der Waals surface area (Å²) in [6.07, 6.45) is 2.40. The number of piperidine rings is 3. The minimum atomic E-state index is 0.0536. The highest BCUT2D eigenvalue weighted by Gasteiger charge is 2.50. The van der Waals surface area contributed by atoms with Crippen LogP contribution in [-0.2, 0) is 0 Å². The highest BCUT2D eigenvalue weighted by Crippen LogP contribution is 2.41. The van der Waals surface area contributed by atoms with E-state index in [2.05, 4.69) is 18.7 Å². The van der Waals surface area contributed by atoms with Crippen molar-refractivity contribution in [2.75, 3.05) is 20.1 Å². The molecule has 1 aromatic carbocycles. The third kappa shape index (κ3) is 2.47. The van der Waals surface area contributed by atoms with Crippen molar-refractivity contribution in [3.05, 3.63) is 34.9 Å². The first-order valence-corrected chi connectivity index (χ1v) is 8.07. The number of benzene rings is 1. The highest BCUT2D eigenvalue weighted by atomic mass is 35.5. The molecule has 3 aliphatic rings. The molecule has 4 heteroatoms. The lowest BCUT2D eigenvalue weighted by Gasteiger charge is -2.58. The van der Waals surface area contributed by atoms with Crippen LogP contribution in [0.25, 0.3) is 0 Å². The fourth-order valence-electron chi connectivity index (χ4n) is 4.27. The van der Waals surface area contributed by atoms with Crippen molar-refractivity contribution >= 4 is 17.5 Å². The van der Waals surface area contributed by atoms with Gasteiger partial charge in [-0.2, -0.15) is 0 Å². The molecule has 2 bridgehead atoms. The van der Waals surface area contributed by atoms with Crippen molar-refractivity contribution in [1.29, 1.82) is 0 Å². The second-order valence-electron chi connectivity index (χ2n) is 6.85. The number of nitrogens with zero attached hydrogens (tertiary/aromatic N) is 2. The summed E-state index contributed by atoms with van der Waals surface area (Å²) in [5.41, 5.74) is 0.770. The first-order valence-electron chi connectivity index (χ1n) is 7.69. The maximum atomic E-state index is 12.8. The SMILES string of the molecule is CN(C(=O)c1ccc(Cl)cc1)C1C2CCN(CC2)C1(C)C. The van der Waals surface area contributed by atoms with Crippen LogP contribution in [0.3, 0.4) is 0 Å². The zero-order chi connectivity index (χ0) is 15.2. The average molecular weight is 307 g/mol. The molecule has 3 saturated heterocycles. The number of halogens is 1. The fourth-order valence-corrected chi connectivity index (χ4v) is 4.39. The topological polar surface area (TPSA) is 23.6 Å². The largest absolute Gasteiger partial charge is 0.337 e. The van der Waals surface area contributed by atoms with E-state index in [-0.39, 0.29) is 17.5 Å². The van der Waals surface area contributed by atoms with E-state index in [9.17, 15) is 4.79 Å². The lowest BCUT2D eigenvalue weighted by Crippen LogP contribution is -2.69. The van der Waals surface area contributed by atoms with Gasteiger partial charge in [0.15, 0.2) is 0 Å². The second-order valence-corrected chi connectivity index (χ2v) is 7.28. The van der Waals surface area contributed by atoms with E-state index in [1.165, 1.54) is 12.8 Å². The summed E-state index contributed by atoms with van der Waals surface area (Å²) in [7, 11) is 1.95. The van der Waals surface area contributed by atoms with Crippen molar-refractivity contribution in [3.63, 3.8) is 0 Å². The van der Waals surface area contributed by atoms with Crippen LogP contribution in [0, 0.1) is 5.92 Å². The molecule has 3 aliphatic heterocycles. The van der Waals surface area contributed by atoms with Gasteiger partial charge in [-0.05, 0) is 70.0 Å². The van der Waals surface area contributed by atoms with Gasteiger partial charge in [-0.25, -0.2) is 0 Å². The first-order chi connectivity index (χ1) is 9.91. The van der Waals surface area contributed by atoms with Gasteiger partial charge in [0.05, 0.1) is 6.04 Å². The number of carbonyl (C=O) groups is 1. The Morgan fingerprint density at radius 1 is 1.24 bits per heavy atom. The predicted molar refractivity (Wildman–Crippen MR) is 85.7 cm³/mol. The fraction of sp³-hybridized carbons (Fsp3) is 0.588. The van der Waals surface area contributed by atoms with Gasteiger partial charge >= 0.3 is 0 Å². The van der Waals surface area contributed by atoms with Crippen molar-refractivity contribution in [1.82, 2.24) is 9.80 Å². The standard InChI is InChI=1S/C17H23ClN2O/c1-17(2)15(12-8-10-20(17)11-9-12)19(3)16(21)13-4-6-14(18)7-5-13/h4-7,12,15H,8-11H2,1-3H3. The smallest absolute Gasteiger partial charge is 0.253 e. The van der Waals surface area contributed by atoms with Gasteiger partial charge in [0.2, 0.25) is 0 Å². The van der Waals surface area contributed by atoms with E-state index in [1.807, 2.05) is 24.1 Å². The van der Waals surface area contributed by atoms with Gasteiger partial charge in [-0.15, -0.1) is 0 Å². The van der Waals surface area contributed by atoms with Crippen LogP contribution in [0.4, 0.5) is 0 Å². The van der Waals surface area contributed by atoms with Gasteiger partial charge in [-0.1, -0.05) is 11.6 Å². The Labute approximate surface area is 131 Å². The summed E-state index contributed by atoms with van der Waals surface area (Å²) in [6.45, 7) is 6.87. The molecule has 21 heavy (non-hydrogen) atoms. The van der Waals surface area contributed by atoms with Crippen LogP contribution in [0.2, 0.25) is 5.02 Å². The third-order valence-electron chi connectivity index (χ3n) is 5.35. The van der Waals surface area contributed by atoms with E-state index in [0.29, 0.717) is 16.5 Å². The molecule has 0 N–H and O–H groups in total. The van der Waals surface area contributed by atoms with Crippen LogP contribution in [0.1, 0.15) is 37.0 Å². The summed E-state index contributed by atoms with van der Waals surface area (Å²) in [6, 6.07) is 7.47. The Bertz CT molecular complexity index is 532. The molecule has 114 valence electrons. The Balaban J connectivity index is 1.85. The summed E-state index contributed by atoms with van der Waals surface area (Å²) in [4.78, 5) is 17.3. The number of fused-ring (bicyclic) bond motifs is 3. The zero-order valence-electron chi connectivity index (χ0n) is 13.0. The molecule has 0 aromatic heterocycles. The molecule has 0 aliphatic carbocycles. The molecule has 3 nitrogen and oxygen atoms in total. The third-order valence-corrected chi connectivity index (χ3v) is 5.61. The monoisotopic (exact) mass is 306 g/mol. The number of rotatable bonds is 2. The second kappa shape index (κ2) is 5.29. The maximum Gasteiger partial charge on any atom is 0.253 e. The molecule has 1 atom stereocenters. The Hall–Kier alpha value is -1.06. The number of amides is 1. The Morgan fingerprint density at radius 2 is 1.81 bits per heavy atom. The van der Waals surface area contributed by atoms with Gasteiger partial charge in [0.25, 0.3) is 5.91 Å². The van der Waals surface area contributed by atoms with Crippen LogP contribution in [0.15, 0.2) is 24.3 Å². The van der Waals surface area contributed by atoms with E-state index in [0.717, 1.165) is 13.1 Å². The van der Waals surface area contributed by atoms with E-state index < -0.39 is 0 Å². The molecule has 1 unspecified atom stereocenters. The molecular weight excluding hydrogens is 284 g/mol. The summed E-state index contributed by atoms with van der Waals surface area (Å²) in [5.74, 6) is 0.713. The normalized spacial score (nSPS) is 30.2. The van der Waals surface area contributed by atoms with Crippen LogP contribution in [-0.4, -0.2) is 47.4 Å². The molecular formula is C17H23ClN2O. The summed E-state index contributed by atoms with van der Waals surface area (Å²) < 4.78 is 0. The number of hydrogen-bond donors (Lipinski definition) is 0. The first kappa shape index (κ1) is 14.9. The van der Waals surface area contributed by atoms with Crippen molar-refractivity contribution in [3.8, 4) is 0 Å². The number of likely N-dealkylation sites (N-methyl/N-ethyl adjacent to an activating group) is 1. The molecule has 3 fully saturated rings. The van der Waals surface area contributed by atoms with Crippen LogP contribution < -0.4 is 0 Å². The van der Waals surface area contributed by atoms with Gasteiger partial charge in [0, 0.05) is 23.2 Å². The van der Waals surface area contributed by atoms with Crippen molar-refractivity contribution in [2.45, 2.75) is 38.3 Å². The van der Waals surface area contributed by atoms with Gasteiger partial charge < -0.3 is 4.90 Å². The molecule has 1 aromatic rings. The Kier molecular flexibility index (Phi) is 3.74. The van der Waals surface area contributed by atoms with Crippen LogP contribution in [0.5, 0.6) is 0 Å². The van der Waals surface area contributed by atoms with Gasteiger partial charge in [0.1, 0.15) is 0 Å². The quantitative estimate of drug-likeness (QED) is 0.837. The average Bonchev–Trinajstić information content (AvgIpc) is 2.47. The van der Waals surface area contributed by atoms with E-state index in [1.54, 1.807) is 12.1 Å². The molecule has 3 heterocycles. The molecule has 0 saturated carbocycles. The lowest BCUT2D eigenvalue weighted by molar-refractivity contribution is -0.0738. The number of hydrogen-bond acceptors (Lipinski definition) is 2. The van der Waals surface area contributed by atoms with E-state index >= 15 is 0 Å². The Morgan fingerprint density at radius 3 is 2.33 bits per heavy atom. The van der Waals surface area contributed by atoms with E-state index in [4.69, 9.17) is 11.6 Å². The summed E-state index contributed by atoms with van der Waals surface area (Å²) in [5, 5.41) is 0.664. The van der Waals surface area contributed by atoms with Crippen molar-refractivity contribution < 1.29 is 4.79 Å². The predicted octanol–water partition coefficient (Wildman–Crippen LogP) is 3.28. The molecule has 4 rings (SSSR count). The molecule has 0 radical (unpaired) electrons. The van der Waals surface area contributed by atoms with Gasteiger partial charge in [-0.3, -0.25) is 9.69 Å². The van der Waals surface area contributed by atoms with Crippen LogP contribution >= 0.6 is 11.6 Å². The maximum absolute atomic E-state index is 12.8. The zero-order valence-corrected chi connectivity index (χ0v) is 13.7. The minimum absolute atomic E-state index is 0.0536. The molecule has 1 amide bonds.